The number of benzene rings is 1. The van der Waals surface area contributed by atoms with Crippen molar-refractivity contribution in [1.82, 2.24) is 10.2 Å². The Hall–Kier alpha value is -1.36. The van der Waals surface area contributed by atoms with E-state index in [4.69, 9.17) is 0 Å². The Morgan fingerprint density at radius 2 is 2.25 bits per heavy atom. The van der Waals surface area contributed by atoms with E-state index in [9.17, 15) is 9.59 Å². The Labute approximate surface area is 127 Å². The molecule has 0 saturated carbocycles. The van der Waals surface area contributed by atoms with Gasteiger partial charge in [0.05, 0.1) is 5.56 Å². The van der Waals surface area contributed by atoms with Gasteiger partial charge >= 0.3 is 0 Å². The lowest BCUT2D eigenvalue weighted by Gasteiger charge is -2.22. The van der Waals surface area contributed by atoms with Gasteiger partial charge < -0.3 is 10.2 Å². The predicted molar refractivity (Wildman–Crippen MR) is 81.6 cm³/mol. The second-order valence-electron chi connectivity index (χ2n) is 5.25. The van der Waals surface area contributed by atoms with Crippen LogP contribution in [0.25, 0.3) is 0 Å². The van der Waals surface area contributed by atoms with Gasteiger partial charge in [0.15, 0.2) is 0 Å². The molecular formula is C15H19BrN2O2. The lowest BCUT2D eigenvalue weighted by atomic mass is 10.1. The summed E-state index contributed by atoms with van der Waals surface area (Å²) in [5.74, 6) is 0.0718. The van der Waals surface area contributed by atoms with Gasteiger partial charge in [-0.25, -0.2) is 0 Å². The monoisotopic (exact) mass is 338 g/mol. The number of nitrogens with zero attached hydrogens (tertiary/aromatic N) is 1. The highest BCUT2D eigenvalue weighted by atomic mass is 79.9. The fraction of sp³-hybridized carbons (Fsp3) is 0.467. The van der Waals surface area contributed by atoms with E-state index in [2.05, 4.69) is 21.2 Å². The van der Waals surface area contributed by atoms with Crippen molar-refractivity contribution in [3.8, 4) is 0 Å². The van der Waals surface area contributed by atoms with Crippen LogP contribution in [0.1, 0.15) is 35.7 Å². The van der Waals surface area contributed by atoms with Crippen molar-refractivity contribution in [3.05, 3.63) is 33.8 Å². The van der Waals surface area contributed by atoms with Crippen molar-refractivity contribution in [2.45, 2.75) is 32.7 Å². The number of carbonyl (C=O) groups is 2. The normalized spacial score (nSPS) is 16.4. The maximum atomic E-state index is 12.2. The van der Waals surface area contributed by atoms with E-state index >= 15 is 0 Å². The highest BCUT2D eigenvalue weighted by Gasteiger charge is 2.23. The Kier molecular flexibility index (Phi) is 4.81. The first kappa shape index (κ1) is 15.0. The van der Waals surface area contributed by atoms with Gasteiger partial charge in [-0.1, -0.05) is 12.1 Å². The predicted octanol–water partition coefficient (Wildman–Crippen LogP) is 2.50. The maximum Gasteiger partial charge on any atom is 0.252 e. The minimum absolute atomic E-state index is 0.0584. The van der Waals surface area contributed by atoms with Crippen LogP contribution in [-0.4, -0.2) is 35.8 Å². The van der Waals surface area contributed by atoms with Crippen LogP contribution in [0.15, 0.2) is 22.7 Å². The van der Waals surface area contributed by atoms with Crippen LogP contribution < -0.4 is 5.32 Å². The molecule has 0 aliphatic carbocycles. The first-order valence-electron chi connectivity index (χ1n) is 6.83. The zero-order chi connectivity index (χ0) is 14.7. The number of likely N-dealkylation sites (tertiary alicyclic amines) is 1. The molecule has 2 amide bonds. The smallest absolute Gasteiger partial charge is 0.252 e. The highest BCUT2D eigenvalue weighted by Crippen LogP contribution is 2.21. The Morgan fingerprint density at radius 3 is 2.90 bits per heavy atom. The quantitative estimate of drug-likeness (QED) is 0.916. The number of rotatable bonds is 4. The molecule has 0 aromatic heterocycles. The van der Waals surface area contributed by atoms with E-state index in [0.717, 1.165) is 23.0 Å². The van der Waals surface area contributed by atoms with E-state index in [1.807, 2.05) is 30.9 Å². The number of nitrogens with one attached hydrogen (secondary N) is 1. The van der Waals surface area contributed by atoms with Crippen LogP contribution in [-0.2, 0) is 4.79 Å². The summed E-state index contributed by atoms with van der Waals surface area (Å²) >= 11 is 3.44. The SMILES string of the molecule is Cc1cccc(C(=O)NC(C)CN2CCCC2=O)c1Br. The van der Waals surface area contributed by atoms with Crippen molar-refractivity contribution in [3.63, 3.8) is 0 Å². The molecule has 1 fully saturated rings. The molecule has 0 bridgehead atoms. The van der Waals surface area contributed by atoms with Crippen LogP contribution in [0.2, 0.25) is 0 Å². The molecule has 108 valence electrons. The van der Waals surface area contributed by atoms with E-state index in [1.165, 1.54) is 0 Å². The van der Waals surface area contributed by atoms with Crippen molar-refractivity contribution in [2.75, 3.05) is 13.1 Å². The minimum Gasteiger partial charge on any atom is -0.348 e. The second-order valence-corrected chi connectivity index (χ2v) is 6.05. The molecule has 20 heavy (non-hydrogen) atoms. The van der Waals surface area contributed by atoms with Gasteiger partial charge in [0.25, 0.3) is 5.91 Å². The van der Waals surface area contributed by atoms with E-state index < -0.39 is 0 Å². The van der Waals surface area contributed by atoms with Crippen molar-refractivity contribution in [2.24, 2.45) is 0 Å². The highest BCUT2D eigenvalue weighted by molar-refractivity contribution is 9.10. The van der Waals surface area contributed by atoms with Crippen LogP contribution in [0.5, 0.6) is 0 Å². The van der Waals surface area contributed by atoms with Gasteiger partial charge in [0.2, 0.25) is 5.91 Å². The zero-order valence-electron chi connectivity index (χ0n) is 11.8. The van der Waals surface area contributed by atoms with Crippen LogP contribution >= 0.6 is 15.9 Å². The summed E-state index contributed by atoms with van der Waals surface area (Å²) in [5.41, 5.74) is 1.66. The van der Waals surface area contributed by atoms with Crippen LogP contribution in [0, 0.1) is 6.92 Å². The van der Waals surface area contributed by atoms with E-state index in [0.29, 0.717) is 18.5 Å². The molecule has 1 aliphatic rings. The topological polar surface area (TPSA) is 49.4 Å². The fourth-order valence-corrected chi connectivity index (χ4v) is 2.84. The molecule has 1 unspecified atom stereocenters. The van der Waals surface area contributed by atoms with Gasteiger partial charge in [-0.3, -0.25) is 9.59 Å². The first-order chi connectivity index (χ1) is 9.49. The molecule has 5 heteroatoms. The summed E-state index contributed by atoms with van der Waals surface area (Å²) in [4.78, 5) is 25.6. The number of aryl methyl sites for hydroxylation is 1. The van der Waals surface area contributed by atoms with Gasteiger partial charge in [0, 0.05) is 30.0 Å². The molecule has 0 radical (unpaired) electrons. The molecule has 2 rings (SSSR count). The number of halogens is 1. The minimum atomic E-state index is -0.111. The number of carbonyl (C=O) groups excluding carboxylic acids is 2. The Morgan fingerprint density at radius 1 is 1.50 bits per heavy atom. The molecule has 1 saturated heterocycles. The molecule has 1 heterocycles. The number of amides is 2. The van der Waals surface area contributed by atoms with Crippen molar-refractivity contribution >= 4 is 27.7 Å². The molecule has 4 nitrogen and oxygen atoms in total. The molecule has 1 aromatic carbocycles. The van der Waals surface area contributed by atoms with Crippen LogP contribution in [0.3, 0.4) is 0 Å². The summed E-state index contributed by atoms with van der Waals surface area (Å²) in [5, 5.41) is 2.95. The average molecular weight is 339 g/mol. The third kappa shape index (κ3) is 3.39. The number of hydrogen-bond donors (Lipinski definition) is 1. The average Bonchev–Trinajstić information content (AvgIpc) is 2.78. The maximum absolute atomic E-state index is 12.2. The van der Waals surface area contributed by atoms with Gasteiger partial charge in [-0.05, 0) is 47.8 Å². The second kappa shape index (κ2) is 6.39. The summed E-state index contributed by atoms with van der Waals surface area (Å²) < 4.78 is 0.821. The van der Waals surface area contributed by atoms with Crippen LogP contribution in [0.4, 0.5) is 0 Å². The van der Waals surface area contributed by atoms with Crippen molar-refractivity contribution < 1.29 is 9.59 Å². The Bertz CT molecular complexity index is 531. The van der Waals surface area contributed by atoms with E-state index in [1.54, 1.807) is 6.07 Å². The summed E-state index contributed by atoms with van der Waals surface area (Å²) in [6, 6.07) is 5.55. The molecule has 1 aliphatic heterocycles. The largest absolute Gasteiger partial charge is 0.348 e. The number of hydrogen-bond acceptors (Lipinski definition) is 2. The first-order valence-corrected chi connectivity index (χ1v) is 7.62. The summed E-state index contributed by atoms with van der Waals surface area (Å²) in [7, 11) is 0. The van der Waals surface area contributed by atoms with Gasteiger partial charge in [-0.15, -0.1) is 0 Å². The molecule has 0 spiro atoms. The standard InChI is InChI=1S/C15H19BrN2O2/c1-10-5-3-6-12(14(10)16)15(20)17-11(2)9-18-8-4-7-13(18)19/h3,5-6,11H,4,7-9H2,1-2H3,(H,17,20). The molecule has 1 aromatic rings. The summed E-state index contributed by atoms with van der Waals surface area (Å²) in [6.07, 6.45) is 1.55. The molecule has 1 atom stereocenters. The lowest BCUT2D eigenvalue weighted by Crippen LogP contribution is -2.42. The van der Waals surface area contributed by atoms with E-state index in [-0.39, 0.29) is 17.9 Å². The lowest BCUT2D eigenvalue weighted by molar-refractivity contribution is -0.127. The third-order valence-electron chi connectivity index (χ3n) is 3.48. The Balaban J connectivity index is 1.97. The molecule has 1 N–H and O–H groups in total. The van der Waals surface area contributed by atoms with Gasteiger partial charge in [-0.2, -0.15) is 0 Å². The zero-order valence-corrected chi connectivity index (χ0v) is 13.4. The van der Waals surface area contributed by atoms with Crippen molar-refractivity contribution in [1.29, 1.82) is 0 Å². The molecular weight excluding hydrogens is 320 g/mol. The third-order valence-corrected chi connectivity index (χ3v) is 4.53. The van der Waals surface area contributed by atoms with Gasteiger partial charge in [0.1, 0.15) is 0 Å². The summed E-state index contributed by atoms with van der Waals surface area (Å²) in [6.45, 7) is 5.25. The fourth-order valence-electron chi connectivity index (χ4n) is 2.40.